The van der Waals surface area contributed by atoms with Crippen LogP contribution in [0.25, 0.3) is 11.0 Å². The highest BCUT2D eigenvalue weighted by Crippen LogP contribution is 2.33. The van der Waals surface area contributed by atoms with Crippen LogP contribution in [0.5, 0.6) is 11.5 Å². The van der Waals surface area contributed by atoms with Gasteiger partial charge in [0, 0.05) is 34.6 Å². The molecule has 1 aliphatic carbocycles. The lowest BCUT2D eigenvalue weighted by molar-refractivity contribution is -0.120. The third-order valence-electron chi connectivity index (χ3n) is 6.95. The second-order valence-electron chi connectivity index (χ2n) is 9.71. The number of furan rings is 2. The van der Waals surface area contributed by atoms with Gasteiger partial charge < -0.3 is 23.6 Å². The molecule has 1 aliphatic rings. The second kappa shape index (κ2) is 10.7. The number of methoxy groups -OCH3 is 2. The summed E-state index contributed by atoms with van der Waals surface area (Å²) in [6.07, 6.45) is 3.91. The lowest BCUT2D eigenvalue weighted by Crippen LogP contribution is -2.23. The van der Waals surface area contributed by atoms with Crippen LogP contribution in [0, 0.1) is 20.8 Å². The Kier molecular flexibility index (Phi) is 7.15. The number of amides is 2. The van der Waals surface area contributed by atoms with Gasteiger partial charge in [-0.1, -0.05) is 6.07 Å². The van der Waals surface area contributed by atoms with Crippen molar-refractivity contribution in [3.8, 4) is 11.5 Å². The van der Waals surface area contributed by atoms with E-state index in [0.717, 1.165) is 39.6 Å². The van der Waals surface area contributed by atoms with Crippen molar-refractivity contribution in [2.45, 2.75) is 46.5 Å². The molecule has 4 aromatic rings. The number of carbonyl (C=O) groups excluding carboxylic acids is 2. The highest BCUT2D eigenvalue weighted by atomic mass is 16.5. The number of fused-ring (bicyclic) bond motifs is 2. The standard InChI is InChI=1S/C30H31N3O6/c1-16-11-17(2)27-19(15-38-25(27)12-16)13-26(34)33-32-22-7-6-8-23-28(22)18(3)29(39-23)30(35)31-21-10-9-20(36-4)14-24(21)37-5/h9-12,14-15H,6-8,13H2,1-5H3,(H,31,35)(H,33,34)/b32-22+. The van der Waals surface area contributed by atoms with Crippen molar-refractivity contribution in [2.75, 3.05) is 19.5 Å². The van der Waals surface area contributed by atoms with E-state index in [1.807, 2.05) is 26.8 Å². The van der Waals surface area contributed by atoms with E-state index in [-0.39, 0.29) is 18.1 Å². The molecule has 0 atom stereocenters. The molecule has 0 saturated heterocycles. The first-order chi connectivity index (χ1) is 18.8. The Hall–Kier alpha value is -4.53. The summed E-state index contributed by atoms with van der Waals surface area (Å²) in [5.74, 6) is 1.33. The van der Waals surface area contributed by atoms with Crippen LogP contribution < -0.4 is 20.2 Å². The number of hydrazone groups is 1. The van der Waals surface area contributed by atoms with Crippen LogP contribution in [0.4, 0.5) is 5.69 Å². The van der Waals surface area contributed by atoms with E-state index in [1.165, 1.54) is 7.11 Å². The number of ether oxygens (including phenoxy) is 2. The first-order valence-corrected chi connectivity index (χ1v) is 12.8. The monoisotopic (exact) mass is 529 g/mol. The molecule has 2 N–H and O–H groups in total. The van der Waals surface area contributed by atoms with E-state index in [9.17, 15) is 9.59 Å². The molecule has 0 spiro atoms. The van der Waals surface area contributed by atoms with E-state index in [0.29, 0.717) is 47.1 Å². The first-order valence-electron chi connectivity index (χ1n) is 12.8. The minimum atomic E-state index is -0.397. The number of aryl methyl sites for hydroxylation is 3. The molecule has 2 heterocycles. The Balaban J connectivity index is 1.34. The third kappa shape index (κ3) is 5.12. The lowest BCUT2D eigenvalue weighted by atomic mass is 9.93. The molecule has 2 aromatic carbocycles. The molecule has 9 heteroatoms. The van der Waals surface area contributed by atoms with Gasteiger partial charge in [-0.25, -0.2) is 5.43 Å². The van der Waals surface area contributed by atoms with Crippen molar-refractivity contribution in [2.24, 2.45) is 5.10 Å². The Bertz CT molecular complexity index is 1610. The molecule has 0 fully saturated rings. The predicted molar refractivity (Wildman–Crippen MR) is 148 cm³/mol. The van der Waals surface area contributed by atoms with Crippen molar-refractivity contribution in [1.29, 1.82) is 0 Å². The number of hydrogen-bond acceptors (Lipinski definition) is 7. The smallest absolute Gasteiger partial charge is 0.291 e. The molecule has 0 saturated carbocycles. The largest absolute Gasteiger partial charge is 0.497 e. The van der Waals surface area contributed by atoms with Crippen molar-refractivity contribution in [1.82, 2.24) is 5.43 Å². The van der Waals surface area contributed by atoms with Gasteiger partial charge in [0.05, 0.1) is 38.3 Å². The van der Waals surface area contributed by atoms with E-state index in [4.69, 9.17) is 18.3 Å². The maximum atomic E-state index is 13.2. The summed E-state index contributed by atoms with van der Waals surface area (Å²) < 4.78 is 22.3. The van der Waals surface area contributed by atoms with Crippen LogP contribution in [0.15, 0.2) is 50.5 Å². The Labute approximate surface area is 226 Å². The van der Waals surface area contributed by atoms with E-state index >= 15 is 0 Å². The molecule has 2 aromatic heterocycles. The summed E-state index contributed by atoms with van der Waals surface area (Å²) in [5, 5.41) is 8.26. The van der Waals surface area contributed by atoms with Crippen LogP contribution in [-0.4, -0.2) is 31.7 Å². The first kappa shape index (κ1) is 26.1. The summed E-state index contributed by atoms with van der Waals surface area (Å²) in [7, 11) is 3.09. The van der Waals surface area contributed by atoms with E-state index in [2.05, 4.69) is 21.9 Å². The maximum absolute atomic E-state index is 13.2. The predicted octanol–water partition coefficient (Wildman–Crippen LogP) is 5.62. The minimum Gasteiger partial charge on any atom is -0.497 e. The zero-order valence-corrected chi connectivity index (χ0v) is 22.7. The molecule has 5 rings (SSSR count). The fraction of sp³-hybridized carbons (Fsp3) is 0.300. The topological polar surface area (TPSA) is 115 Å². The lowest BCUT2D eigenvalue weighted by Gasteiger charge is -2.13. The highest BCUT2D eigenvalue weighted by molar-refractivity contribution is 6.09. The summed E-state index contributed by atoms with van der Waals surface area (Å²) in [6, 6.07) is 9.18. The molecule has 2 amide bonds. The van der Waals surface area contributed by atoms with Crippen molar-refractivity contribution in [3.05, 3.63) is 75.9 Å². The number of carbonyl (C=O) groups is 2. The van der Waals surface area contributed by atoms with Crippen LogP contribution >= 0.6 is 0 Å². The molecular formula is C30H31N3O6. The molecule has 39 heavy (non-hydrogen) atoms. The molecule has 0 aliphatic heterocycles. The SMILES string of the molecule is COc1ccc(NC(=O)c2oc3c(c2C)/C(=N/NC(=O)Cc2coc4cc(C)cc(C)c24)CCC3)c(OC)c1. The number of rotatable bonds is 7. The molecule has 202 valence electrons. The van der Waals surface area contributed by atoms with E-state index in [1.54, 1.807) is 31.6 Å². The zero-order valence-electron chi connectivity index (χ0n) is 22.7. The van der Waals surface area contributed by atoms with Gasteiger partial charge in [0.2, 0.25) is 5.91 Å². The molecular weight excluding hydrogens is 498 g/mol. The Morgan fingerprint density at radius 2 is 1.87 bits per heavy atom. The van der Waals surface area contributed by atoms with E-state index < -0.39 is 5.91 Å². The Morgan fingerprint density at radius 1 is 1.05 bits per heavy atom. The van der Waals surface area contributed by atoms with Crippen molar-refractivity contribution >= 4 is 34.2 Å². The number of nitrogens with one attached hydrogen (secondary N) is 2. The quantitative estimate of drug-likeness (QED) is 0.300. The van der Waals surface area contributed by atoms with Gasteiger partial charge in [0.15, 0.2) is 5.76 Å². The number of anilines is 1. The van der Waals surface area contributed by atoms with Gasteiger partial charge in [-0.2, -0.15) is 5.10 Å². The van der Waals surface area contributed by atoms with Gasteiger partial charge >= 0.3 is 0 Å². The second-order valence-corrected chi connectivity index (χ2v) is 9.71. The van der Waals surface area contributed by atoms with Gasteiger partial charge in [-0.3, -0.25) is 9.59 Å². The van der Waals surface area contributed by atoms with Gasteiger partial charge in [0.25, 0.3) is 5.91 Å². The van der Waals surface area contributed by atoms with Crippen molar-refractivity contribution < 1.29 is 27.9 Å². The molecule has 0 bridgehead atoms. The summed E-state index contributed by atoms with van der Waals surface area (Å²) in [6.45, 7) is 5.85. The zero-order chi connectivity index (χ0) is 27.7. The van der Waals surface area contributed by atoms with Gasteiger partial charge in [0.1, 0.15) is 22.8 Å². The third-order valence-corrected chi connectivity index (χ3v) is 6.95. The van der Waals surface area contributed by atoms with Crippen LogP contribution in [-0.2, 0) is 17.6 Å². The van der Waals surface area contributed by atoms with Gasteiger partial charge in [-0.05, 0) is 62.9 Å². The van der Waals surface area contributed by atoms with Crippen molar-refractivity contribution in [3.63, 3.8) is 0 Å². The number of benzene rings is 2. The average molecular weight is 530 g/mol. The molecule has 9 nitrogen and oxygen atoms in total. The van der Waals surface area contributed by atoms with Crippen LogP contribution in [0.1, 0.15) is 57.0 Å². The summed E-state index contributed by atoms with van der Waals surface area (Å²) >= 11 is 0. The molecule has 0 radical (unpaired) electrons. The highest BCUT2D eigenvalue weighted by Gasteiger charge is 2.28. The normalized spacial score (nSPS) is 13.8. The number of nitrogens with zero attached hydrogens (tertiary/aromatic N) is 1. The fourth-order valence-corrected chi connectivity index (χ4v) is 5.18. The molecule has 0 unspecified atom stereocenters. The summed E-state index contributed by atoms with van der Waals surface area (Å²) in [5.41, 5.74) is 9.09. The van der Waals surface area contributed by atoms with Gasteiger partial charge in [-0.15, -0.1) is 0 Å². The summed E-state index contributed by atoms with van der Waals surface area (Å²) in [4.78, 5) is 26.0. The maximum Gasteiger partial charge on any atom is 0.291 e. The Morgan fingerprint density at radius 3 is 2.64 bits per heavy atom. The average Bonchev–Trinajstić information content (AvgIpc) is 3.48. The van der Waals surface area contributed by atoms with Crippen LogP contribution in [0.2, 0.25) is 0 Å². The van der Waals surface area contributed by atoms with Crippen LogP contribution in [0.3, 0.4) is 0 Å². The minimum absolute atomic E-state index is 0.141. The fourth-order valence-electron chi connectivity index (χ4n) is 5.18. The number of hydrogen-bond donors (Lipinski definition) is 2.